The highest BCUT2D eigenvalue weighted by Gasteiger charge is 2.28. The summed E-state index contributed by atoms with van der Waals surface area (Å²) in [5.41, 5.74) is 3.59. The van der Waals surface area contributed by atoms with Crippen LogP contribution in [0.1, 0.15) is 50.8 Å². The van der Waals surface area contributed by atoms with Gasteiger partial charge in [0.2, 0.25) is 5.89 Å². The maximum atomic E-state index is 12.6. The van der Waals surface area contributed by atoms with Gasteiger partial charge in [0.15, 0.2) is 5.76 Å². The van der Waals surface area contributed by atoms with Crippen LogP contribution in [0.5, 0.6) is 0 Å². The molecule has 1 aliphatic rings. The summed E-state index contributed by atoms with van der Waals surface area (Å²) in [5, 5.41) is 18.4. The lowest BCUT2D eigenvalue weighted by Crippen LogP contribution is -2.42. The van der Waals surface area contributed by atoms with Gasteiger partial charge in [0.25, 0.3) is 5.56 Å². The van der Waals surface area contributed by atoms with Crippen LogP contribution in [0.25, 0.3) is 34.0 Å². The standard InChI is InChI=1S/C34H33N7O4/c1-34(2,3)45-33(43)39-14-12-28(13-15-39)40-22-27(19-37-40)30-20-36-32(44-30)26-9-5-7-24(17-26)21-41-31(42)11-10-29(38-41)25-8-4-6-23(16-25)18-35/h4-11,16-17,19-20,22,28H,12-15,21H2,1-3H3. The molecule has 0 spiro atoms. The SMILES string of the molecule is CC(C)(C)OC(=O)N1CCC(n2cc(-c3cnc(-c4cccc(Cn5nc(-c6cccc(C#N)c6)ccc5=O)c4)o3)cn2)CC1. The number of likely N-dealkylation sites (tertiary alicyclic amines) is 1. The molecule has 1 amide bonds. The molecule has 0 radical (unpaired) electrons. The topological polar surface area (TPSA) is 132 Å². The summed E-state index contributed by atoms with van der Waals surface area (Å²) in [6.45, 7) is 7.08. The molecular weight excluding hydrogens is 570 g/mol. The molecule has 6 rings (SSSR count). The first-order chi connectivity index (χ1) is 21.6. The van der Waals surface area contributed by atoms with Crippen LogP contribution in [-0.2, 0) is 11.3 Å². The molecule has 3 aromatic heterocycles. The number of benzene rings is 2. The Balaban J connectivity index is 1.13. The Labute approximate surface area is 260 Å². The number of carbonyl (C=O) groups excluding carboxylic acids is 1. The minimum absolute atomic E-state index is 0.169. The quantitative estimate of drug-likeness (QED) is 0.234. The molecule has 11 heteroatoms. The van der Waals surface area contributed by atoms with Gasteiger partial charge in [-0.3, -0.25) is 9.48 Å². The van der Waals surface area contributed by atoms with Gasteiger partial charge in [0.05, 0.1) is 47.9 Å². The van der Waals surface area contributed by atoms with Crippen LogP contribution in [0.15, 0.2) is 88.5 Å². The van der Waals surface area contributed by atoms with Crippen molar-refractivity contribution in [1.82, 2.24) is 29.4 Å². The van der Waals surface area contributed by atoms with Crippen molar-refractivity contribution in [3.05, 3.63) is 101 Å². The highest BCUT2D eigenvalue weighted by Crippen LogP contribution is 2.29. The predicted molar refractivity (Wildman–Crippen MR) is 167 cm³/mol. The lowest BCUT2D eigenvalue weighted by molar-refractivity contribution is 0.0185. The second kappa shape index (κ2) is 12.2. The third-order valence-electron chi connectivity index (χ3n) is 7.54. The third kappa shape index (κ3) is 6.86. The van der Waals surface area contributed by atoms with Crippen LogP contribution in [0.2, 0.25) is 0 Å². The molecule has 0 atom stereocenters. The molecule has 1 saturated heterocycles. The third-order valence-corrected chi connectivity index (χ3v) is 7.54. The van der Waals surface area contributed by atoms with Crippen LogP contribution < -0.4 is 5.56 Å². The van der Waals surface area contributed by atoms with E-state index < -0.39 is 5.60 Å². The monoisotopic (exact) mass is 603 g/mol. The minimum atomic E-state index is -0.516. The van der Waals surface area contributed by atoms with Gasteiger partial charge < -0.3 is 14.1 Å². The van der Waals surface area contributed by atoms with Gasteiger partial charge in [-0.15, -0.1) is 0 Å². The van der Waals surface area contributed by atoms with Crippen LogP contribution in [0.3, 0.4) is 0 Å². The second-order valence-electron chi connectivity index (χ2n) is 12.0. The summed E-state index contributed by atoms with van der Waals surface area (Å²) >= 11 is 0. The van der Waals surface area contributed by atoms with E-state index >= 15 is 0 Å². The molecule has 4 heterocycles. The van der Waals surface area contributed by atoms with Crippen LogP contribution >= 0.6 is 0 Å². The van der Waals surface area contributed by atoms with E-state index in [1.54, 1.807) is 41.6 Å². The van der Waals surface area contributed by atoms with E-state index in [-0.39, 0.29) is 24.2 Å². The van der Waals surface area contributed by atoms with Gasteiger partial charge in [-0.2, -0.15) is 15.5 Å². The number of nitriles is 1. The van der Waals surface area contributed by atoms with E-state index in [0.717, 1.165) is 35.1 Å². The molecule has 2 aromatic carbocycles. The number of amides is 1. The maximum absolute atomic E-state index is 12.6. The largest absolute Gasteiger partial charge is 0.444 e. The number of carbonyl (C=O) groups is 1. The first-order valence-corrected chi connectivity index (χ1v) is 14.8. The van der Waals surface area contributed by atoms with Crippen molar-refractivity contribution in [2.24, 2.45) is 0 Å². The van der Waals surface area contributed by atoms with Crippen LogP contribution in [0.4, 0.5) is 4.79 Å². The molecule has 0 bridgehead atoms. The zero-order chi connectivity index (χ0) is 31.6. The van der Waals surface area contributed by atoms with Crippen molar-refractivity contribution in [2.75, 3.05) is 13.1 Å². The van der Waals surface area contributed by atoms with Crippen molar-refractivity contribution in [2.45, 2.75) is 51.8 Å². The molecule has 45 heavy (non-hydrogen) atoms. The number of hydrogen-bond donors (Lipinski definition) is 0. The molecule has 0 aliphatic carbocycles. The Bertz CT molecular complexity index is 1930. The second-order valence-corrected chi connectivity index (χ2v) is 12.0. The number of hydrogen-bond acceptors (Lipinski definition) is 8. The average molecular weight is 604 g/mol. The van der Waals surface area contributed by atoms with Crippen molar-refractivity contribution >= 4 is 6.09 Å². The van der Waals surface area contributed by atoms with Gasteiger partial charge in [0, 0.05) is 36.5 Å². The van der Waals surface area contributed by atoms with Crippen molar-refractivity contribution in [3.63, 3.8) is 0 Å². The van der Waals surface area contributed by atoms with Gasteiger partial charge in [-0.1, -0.05) is 24.3 Å². The van der Waals surface area contributed by atoms with Gasteiger partial charge in [-0.25, -0.2) is 14.5 Å². The summed E-state index contributed by atoms with van der Waals surface area (Å²) in [6.07, 6.45) is 6.67. The van der Waals surface area contributed by atoms with Crippen molar-refractivity contribution in [1.29, 1.82) is 5.26 Å². The summed E-state index contributed by atoms with van der Waals surface area (Å²) in [4.78, 5) is 31.3. The highest BCUT2D eigenvalue weighted by atomic mass is 16.6. The normalized spacial score (nSPS) is 13.9. The number of rotatable bonds is 6. The molecule has 0 N–H and O–H groups in total. The van der Waals surface area contributed by atoms with Crippen molar-refractivity contribution < 1.29 is 13.9 Å². The molecular formula is C34H33N7O4. The van der Waals surface area contributed by atoms with Gasteiger partial charge in [-0.05, 0) is 69.5 Å². The fourth-order valence-electron chi connectivity index (χ4n) is 5.29. The summed E-state index contributed by atoms with van der Waals surface area (Å²) in [5.74, 6) is 1.05. The molecule has 5 aromatic rings. The Morgan fingerprint density at radius 2 is 1.80 bits per heavy atom. The van der Waals surface area contributed by atoms with Crippen LogP contribution in [0, 0.1) is 11.3 Å². The van der Waals surface area contributed by atoms with E-state index in [4.69, 9.17) is 9.15 Å². The Hall–Kier alpha value is -5.50. The van der Waals surface area contributed by atoms with E-state index in [1.807, 2.05) is 62.0 Å². The maximum Gasteiger partial charge on any atom is 0.410 e. The number of aromatic nitrogens is 5. The Morgan fingerprint density at radius 3 is 2.58 bits per heavy atom. The van der Waals surface area contributed by atoms with E-state index in [9.17, 15) is 14.9 Å². The number of oxazole rings is 1. The smallest absolute Gasteiger partial charge is 0.410 e. The zero-order valence-corrected chi connectivity index (χ0v) is 25.4. The zero-order valence-electron chi connectivity index (χ0n) is 25.4. The Kier molecular flexibility index (Phi) is 8.04. The van der Waals surface area contributed by atoms with Gasteiger partial charge in [0.1, 0.15) is 5.60 Å². The number of piperidine rings is 1. The highest BCUT2D eigenvalue weighted by molar-refractivity contribution is 5.68. The summed E-state index contributed by atoms with van der Waals surface area (Å²) < 4.78 is 15.0. The van der Waals surface area contributed by atoms with Crippen molar-refractivity contribution in [3.8, 4) is 40.1 Å². The summed E-state index contributed by atoms with van der Waals surface area (Å²) in [6, 6.07) is 20.2. The van der Waals surface area contributed by atoms with Crippen LogP contribution in [-0.4, -0.2) is 54.2 Å². The first-order valence-electron chi connectivity index (χ1n) is 14.8. The number of ether oxygens (including phenoxy) is 1. The molecule has 228 valence electrons. The van der Waals surface area contributed by atoms with E-state index in [1.165, 1.54) is 10.7 Å². The Morgan fingerprint density at radius 1 is 1.02 bits per heavy atom. The molecule has 1 aliphatic heterocycles. The lowest BCUT2D eigenvalue weighted by atomic mass is 10.1. The first kappa shape index (κ1) is 29.6. The number of nitrogens with zero attached hydrogens (tertiary/aromatic N) is 7. The molecule has 0 saturated carbocycles. The predicted octanol–water partition coefficient (Wildman–Crippen LogP) is 5.92. The fourth-order valence-corrected chi connectivity index (χ4v) is 5.29. The van der Waals surface area contributed by atoms with E-state index in [0.29, 0.717) is 36.0 Å². The lowest BCUT2D eigenvalue weighted by Gasteiger charge is -2.33. The van der Waals surface area contributed by atoms with E-state index in [2.05, 4.69) is 21.3 Å². The van der Waals surface area contributed by atoms with Gasteiger partial charge >= 0.3 is 6.09 Å². The molecule has 0 unspecified atom stereocenters. The average Bonchev–Trinajstić information content (AvgIpc) is 3.72. The summed E-state index contributed by atoms with van der Waals surface area (Å²) in [7, 11) is 0. The molecule has 11 nitrogen and oxygen atoms in total. The minimum Gasteiger partial charge on any atom is -0.444 e. The fraction of sp³-hybridized carbons (Fsp3) is 0.294. The molecule has 1 fully saturated rings.